The molecule has 1 aromatic heterocycles. The van der Waals surface area contributed by atoms with Gasteiger partial charge in [-0.05, 0) is 30.3 Å². The van der Waals surface area contributed by atoms with E-state index in [-0.39, 0.29) is 17.4 Å². The number of non-ortho nitro benzene ring substituents is 1. The van der Waals surface area contributed by atoms with Crippen molar-refractivity contribution in [2.45, 2.75) is 0 Å². The standard InChI is InChI=1S/C20H20FN5O3S/c21-15-3-1-14(2-4-15)19(27)22-7-8-24-9-11-25(12-10-24)20-23-17-6-5-16(26(28)29)13-18(17)30-20/h1-6,13H,7-12H2,(H,22,27). The SMILES string of the molecule is O=C(NCCN1CCN(c2nc3ccc([N+](=O)[O-])cc3s2)CC1)c1ccc(F)cc1. The van der Waals surface area contributed by atoms with E-state index in [1.54, 1.807) is 12.1 Å². The van der Waals surface area contributed by atoms with Crippen LogP contribution in [0.15, 0.2) is 42.5 Å². The number of thiazole rings is 1. The number of carbonyl (C=O) groups excluding carboxylic acids is 1. The largest absolute Gasteiger partial charge is 0.351 e. The van der Waals surface area contributed by atoms with Crippen molar-refractivity contribution in [1.82, 2.24) is 15.2 Å². The quantitative estimate of drug-likeness (QED) is 0.479. The molecular formula is C20H20FN5O3S. The molecule has 30 heavy (non-hydrogen) atoms. The fourth-order valence-electron chi connectivity index (χ4n) is 3.34. The summed E-state index contributed by atoms with van der Waals surface area (Å²) in [5, 5.41) is 14.7. The van der Waals surface area contributed by atoms with Gasteiger partial charge in [0.05, 0.1) is 15.1 Å². The first kappa shape index (κ1) is 20.2. The van der Waals surface area contributed by atoms with Crippen molar-refractivity contribution >= 4 is 38.3 Å². The molecular weight excluding hydrogens is 409 g/mol. The third-order valence-corrected chi connectivity index (χ3v) is 6.11. The lowest BCUT2D eigenvalue weighted by molar-refractivity contribution is -0.384. The van der Waals surface area contributed by atoms with Gasteiger partial charge in [-0.25, -0.2) is 9.37 Å². The van der Waals surface area contributed by atoms with Crippen molar-refractivity contribution in [2.24, 2.45) is 0 Å². The van der Waals surface area contributed by atoms with Gasteiger partial charge in [-0.2, -0.15) is 0 Å². The molecule has 1 N–H and O–H groups in total. The van der Waals surface area contributed by atoms with Gasteiger partial charge in [-0.1, -0.05) is 11.3 Å². The van der Waals surface area contributed by atoms with Crippen LogP contribution < -0.4 is 10.2 Å². The van der Waals surface area contributed by atoms with Crippen LogP contribution in [0.3, 0.4) is 0 Å². The Kier molecular flexibility index (Phi) is 5.86. The molecule has 0 radical (unpaired) electrons. The molecule has 4 rings (SSSR count). The predicted molar refractivity (Wildman–Crippen MR) is 114 cm³/mol. The van der Waals surface area contributed by atoms with Crippen LogP contribution in [0.25, 0.3) is 10.2 Å². The zero-order valence-electron chi connectivity index (χ0n) is 16.1. The number of hydrogen-bond donors (Lipinski definition) is 1. The Morgan fingerprint density at radius 2 is 1.90 bits per heavy atom. The van der Waals surface area contributed by atoms with Gasteiger partial charge in [-0.3, -0.25) is 19.8 Å². The summed E-state index contributed by atoms with van der Waals surface area (Å²) in [6, 6.07) is 10.2. The lowest BCUT2D eigenvalue weighted by atomic mass is 10.2. The molecule has 1 amide bonds. The number of fused-ring (bicyclic) bond motifs is 1. The van der Waals surface area contributed by atoms with Gasteiger partial charge >= 0.3 is 0 Å². The summed E-state index contributed by atoms with van der Waals surface area (Å²) in [5.41, 5.74) is 1.29. The molecule has 2 aromatic carbocycles. The Morgan fingerprint density at radius 3 is 2.60 bits per heavy atom. The minimum Gasteiger partial charge on any atom is -0.351 e. The fourth-order valence-corrected chi connectivity index (χ4v) is 4.39. The summed E-state index contributed by atoms with van der Waals surface area (Å²) >= 11 is 1.47. The molecule has 2 heterocycles. The van der Waals surface area contributed by atoms with E-state index in [0.29, 0.717) is 12.1 Å². The molecule has 1 saturated heterocycles. The average molecular weight is 429 g/mol. The number of amides is 1. The highest BCUT2D eigenvalue weighted by molar-refractivity contribution is 7.22. The highest BCUT2D eigenvalue weighted by Gasteiger charge is 2.20. The highest BCUT2D eigenvalue weighted by Crippen LogP contribution is 2.31. The molecule has 3 aromatic rings. The molecule has 10 heteroatoms. The number of benzene rings is 2. The Hall–Kier alpha value is -3.11. The number of nitro benzene ring substituents is 1. The molecule has 156 valence electrons. The molecule has 1 aliphatic heterocycles. The Morgan fingerprint density at radius 1 is 1.17 bits per heavy atom. The van der Waals surface area contributed by atoms with Crippen molar-refractivity contribution < 1.29 is 14.1 Å². The Bertz CT molecular complexity index is 1060. The maximum Gasteiger partial charge on any atom is 0.270 e. The van der Waals surface area contributed by atoms with Crippen LogP contribution in [0.1, 0.15) is 10.4 Å². The average Bonchev–Trinajstić information content (AvgIpc) is 3.18. The minimum absolute atomic E-state index is 0.0743. The summed E-state index contributed by atoms with van der Waals surface area (Å²) in [6.45, 7) is 4.51. The molecule has 1 fully saturated rings. The third-order valence-electron chi connectivity index (χ3n) is 5.03. The first-order chi connectivity index (χ1) is 14.5. The zero-order chi connectivity index (χ0) is 21.1. The first-order valence-electron chi connectivity index (χ1n) is 9.56. The number of carbonyl (C=O) groups is 1. The third kappa shape index (κ3) is 4.55. The Labute approximate surface area is 176 Å². The summed E-state index contributed by atoms with van der Waals surface area (Å²) in [4.78, 5) is 31.7. The first-order valence-corrected chi connectivity index (χ1v) is 10.4. The minimum atomic E-state index is -0.396. The molecule has 0 spiro atoms. The van der Waals surface area contributed by atoms with Crippen LogP contribution in [0.4, 0.5) is 15.2 Å². The van der Waals surface area contributed by atoms with E-state index in [4.69, 9.17) is 0 Å². The summed E-state index contributed by atoms with van der Waals surface area (Å²) in [6.07, 6.45) is 0. The second-order valence-corrected chi connectivity index (χ2v) is 8.01. The van der Waals surface area contributed by atoms with E-state index in [0.717, 1.165) is 48.1 Å². The molecule has 0 unspecified atom stereocenters. The number of nitrogens with one attached hydrogen (secondary N) is 1. The van der Waals surface area contributed by atoms with Crippen LogP contribution in [0.2, 0.25) is 0 Å². The fraction of sp³-hybridized carbons (Fsp3) is 0.300. The van der Waals surface area contributed by atoms with Crippen molar-refractivity contribution in [1.29, 1.82) is 0 Å². The second-order valence-electron chi connectivity index (χ2n) is 7.00. The normalized spacial score (nSPS) is 14.8. The van der Waals surface area contributed by atoms with Crippen LogP contribution in [0, 0.1) is 15.9 Å². The number of hydrogen-bond acceptors (Lipinski definition) is 7. The molecule has 1 aliphatic rings. The molecule has 0 aliphatic carbocycles. The Balaban J connectivity index is 1.26. The summed E-state index contributed by atoms with van der Waals surface area (Å²) in [7, 11) is 0. The number of aromatic nitrogens is 1. The van der Waals surface area contributed by atoms with Gasteiger partial charge in [-0.15, -0.1) is 0 Å². The summed E-state index contributed by atoms with van der Waals surface area (Å²) < 4.78 is 13.7. The van der Waals surface area contributed by atoms with Gasteiger partial charge in [0.15, 0.2) is 5.13 Å². The molecule has 0 saturated carbocycles. The highest BCUT2D eigenvalue weighted by atomic mass is 32.1. The number of rotatable bonds is 6. The number of halogens is 1. The van der Waals surface area contributed by atoms with Gasteiger partial charge in [0, 0.05) is 57.0 Å². The van der Waals surface area contributed by atoms with Crippen LogP contribution in [0.5, 0.6) is 0 Å². The molecule has 8 nitrogen and oxygen atoms in total. The van der Waals surface area contributed by atoms with Crippen molar-refractivity contribution in [3.05, 3.63) is 64.0 Å². The predicted octanol–water partition coefficient (Wildman–Crippen LogP) is 2.90. The monoisotopic (exact) mass is 429 g/mol. The number of anilines is 1. The van der Waals surface area contributed by atoms with Crippen molar-refractivity contribution in [3.63, 3.8) is 0 Å². The zero-order valence-corrected chi connectivity index (χ0v) is 16.9. The molecule has 0 bridgehead atoms. The van der Waals surface area contributed by atoms with Crippen LogP contribution >= 0.6 is 11.3 Å². The number of piperazine rings is 1. The number of nitrogens with zero attached hydrogens (tertiary/aromatic N) is 4. The van der Waals surface area contributed by atoms with Gasteiger partial charge in [0.25, 0.3) is 11.6 Å². The lowest BCUT2D eigenvalue weighted by Crippen LogP contribution is -2.48. The van der Waals surface area contributed by atoms with Crippen molar-refractivity contribution in [2.75, 3.05) is 44.2 Å². The van der Waals surface area contributed by atoms with Crippen LogP contribution in [-0.4, -0.2) is 60.0 Å². The van der Waals surface area contributed by atoms with Crippen molar-refractivity contribution in [3.8, 4) is 0 Å². The van der Waals surface area contributed by atoms with Gasteiger partial charge in [0.1, 0.15) is 5.82 Å². The van der Waals surface area contributed by atoms with E-state index in [9.17, 15) is 19.3 Å². The lowest BCUT2D eigenvalue weighted by Gasteiger charge is -2.34. The second kappa shape index (κ2) is 8.72. The van der Waals surface area contributed by atoms with E-state index in [2.05, 4.69) is 20.1 Å². The summed E-state index contributed by atoms with van der Waals surface area (Å²) in [5.74, 6) is -0.576. The van der Waals surface area contributed by atoms with E-state index < -0.39 is 4.92 Å². The molecule has 0 atom stereocenters. The van der Waals surface area contributed by atoms with E-state index >= 15 is 0 Å². The maximum atomic E-state index is 12.9. The van der Waals surface area contributed by atoms with E-state index in [1.807, 2.05) is 0 Å². The topological polar surface area (TPSA) is 91.6 Å². The van der Waals surface area contributed by atoms with Gasteiger partial charge < -0.3 is 10.2 Å². The van der Waals surface area contributed by atoms with E-state index in [1.165, 1.54) is 41.7 Å². The smallest absolute Gasteiger partial charge is 0.270 e. The number of nitro groups is 1. The van der Waals surface area contributed by atoms with Crippen LogP contribution in [-0.2, 0) is 0 Å². The van der Waals surface area contributed by atoms with Gasteiger partial charge in [0.2, 0.25) is 0 Å². The maximum absolute atomic E-state index is 12.9.